The SMILES string of the molecule is O=[S@]1CCc2nc(N3CCC(c4ncc(Cl)cn4)CC3)nc(OC3(CO)CCC3)c21. The summed E-state index contributed by atoms with van der Waals surface area (Å²) in [6, 6.07) is 0. The van der Waals surface area contributed by atoms with Gasteiger partial charge >= 0.3 is 0 Å². The average molecular weight is 450 g/mol. The van der Waals surface area contributed by atoms with Gasteiger partial charge in [0.15, 0.2) is 0 Å². The van der Waals surface area contributed by atoms with Crippen molar-refractivity contribution in [2.45, 2.75) is 54.9 Å². The van der Waals surface area contributed by atoms with E-state index in [9.17, 15) is 9.32 Å². The third-order valence-electron chi connectivity index (χ3n) is 6.29. The highest BCUT2D eigenvalue weighted by Crippen LogP contribution is 2.40. The van der Waals surface area contributed by atoms with Crippen LogP contribution < -0.4 is 9.64 Å². The summed E-state index contributed by atoms with van der Waals surface area (Å²) < 4.78 is 18.7. The van der Waals surface area contributed by atoms with Crippen LogP contribution in [0.15, 0.2) is 17.3 Å². The minimum absolute atomic E-state index is 0.0553. The molecule has 0 aromatic carbocycles. The lowest BCUT2D eigenvalue weighted by Crippen LogP contribution is -2.47. The highest BCUT2D eigenvalue weighted by molar-refractivity contribution is 7.85. The van der Waals surface area contributed by atoms with Crippen LogP contribution in [0.5, 0.6) is 5.88 Å². The van der Waals surface area contributed by atoms with Crippen LogP contribution in [0.3, 0.4) is 0 Å². The van der Waals surface area contributed by atoms with Crippen LogP contribution in [0, 0.1) is 0 Å². The number of ether oxygens (including phenoxy) is 1. The second-order valence-corrected chi connectivity index (χ2v) is 10.2. The van der Waals surface area contributed by atoms with Crippen LogP contribution in [-0.2, 0) is 17.2 Å². The van der Waals surface area contributed by atoms with Gasteiger partial charge < -0.3 is 14.7 Å². The minimum atomic E-state index is -1.15. The van der Waals surface area contributed by atoms with Crippen LogP contribution in [0.1, 0.15) is 49.5 Å². The predicted molar refractivity (Wildman–Crippen MR) is 113 cm³/mol. The zero-order valence-electron chi connectivity index (χ0n) is 16.6. The molecule has 0 amide bonds. The summed E-state index contributed by atoms with van der Waals surface area (Å²) in [5.41, 5.74) is 0.217. The second-order valence-electron chi connectivity index (χ2n) is 8.22. The maximum absolute atomic E-state index is 12.5. The number of rotatable bonds is 5. The molecule has 2 aliphatic heterocycles. The first kappa shape index (κ1) is 20.1. The Hall–Kier alpha value is -1.84. The van der Waals surface area contributed by atoms with Gasteiger partial charge in [-0.25, -0.2) is 15.0 Å². The number of hydrogen-bond donors (Lipinski definition) is 1. The number of anilines is 1. The molecule has 8 nitrogen and oxygen atoms in total. The molecule has 4 heterocycles. The number of nitrogens with zero attached hydrogens (tertiary/aromatic N) is 5. The molecule has 1 saturated carbocycles. The number of hydrogen-bond acceptors (Lipinski definition) is 8. The second kappa shape index (κ2) is 8.01. The lowest BCUT2D eigenvalue weighted by Gasteiger charge is -2.40. The molecule has 0 bridgehead atoms. The van der Waals surface area contributed by atoms with Gasteiger partial charge in [0.25, 0.3) is 0 Å². The van der Waals surface area contributed by atoms with Crippen molar-refractivity contribution in [2.75, 3.05) is 30.3 Å². The van der Waals surface area contributed by atoms with Crippen molar-refractivity contribution >= 4 is 28.3 Å². The maximum Gasteiger partial charge on any atom is 0.235 e. The molecule has 160 valence electrons. The number of piperidine rings is 1. The quantitative estimate of drug-likeness (QED) is 0.741. The molecule has 1 saturated heterocycles. The van der Waals surface area contributed by atoms with Gasteiger partial charge in [-0.05, 0) is 32.1 Å². The molecular weight excluding hydrogens is 426 g/mol. The Kier molecular flexibility index (Phi) is 5.37. The minimum Gasteiger partial charge on any atom is -0.468 e. The summed E-state index contributed by atoms with van der Waals surface area (Å²) in [4.78, 5) is 20.9. The zero-order valence-corrected chi connectivity index (χ0v) is 18.2. The van der Waals surface area contributed by atoms with E-state index < -0.39 is 16.4 Å². The Labute approximate surface area is 182 Å². The molecule has 0 unspecified atom stereocenters. The van der Waals surface area contributed by atoms with Gasteiger partial charge in [0.05, 0.1) is 28.1 Å². The van der Waals surface area contributed by atoms with E-state index in [4.69, 9.17) is 21.3 Å². The van der Waals surface area contributed by atoms with Crippen molar-refractivity contribution in [2.24, 2.45) is 0 Å². The summed E-state index contributed by atoms with van der Waals surface area (Å²) in [6.45, 7) is 1.51. The largest absolute Gasteiger partial charge is 0.468 e. The van der Waals surface area contributed by atoms with E-state index in [1.807, 2.05) is 0 Å². The summed E-state index contributed by atoms with van der Waals surface area (Å²) in [5, 5.41) is 10.4. The summed E-state index contributed by atoms with van der Waals surface area (Å²) >= 11 is 5.90. The first-order valence-corrected chi connectivity index (χ1v) is 12.1. The number of fused-ring (bicyclic) bond motifs is 1. The van der Waals surface area contributed by atoms with E-state index in [2.05, 4.69) is 19.9 Å². The topological polar surface area (TPSA) is 101 Å². The maximum atomic E-state index is 12.5. The van der Waals surface area contributed by atoms with Gasteiger partial charge in [-0.3, -0.25) is 4.21 Å². The van der Waals surface area contributed by atoms with Crippen LogP contribution in [0.2, 0.25) is 5.02 Å². The Morgan fingerprint density at radius 3 is 2.60 bits per heavy atom. The van der Waals surface area contributed by atoms with Crippen LogP contribution in [0.25, 0.3) is 0 Å². The van der Waals surface area contributed by atoms with Gasteiger partial charge in [-0.2, -0.15) is 4.98 Å². The molecule has 0 spiro atoms. The highest BCUT2D eigenvalue weighted by atomic mass is 35.5. The van der Waals surface area contributed by atoms with E-state index in [-0.39, 0.29) is 12.5 Å². The fourth-order valence-corrected chi connectivity index (χ4v) is 5.67. The van der Waals surface area contributed by atoms with E-state index in [1.165, 1.54) is 0 Å². The predicted octanol–water partition coefficient (Wildman–Crippen LogP) is 2.26. The average Bonchev–Trinajstić information content (AvgIpc) is 3.12. The smallest absolute Gasteiger partial charge is 0.235 e. The Morgan fingerprint density at radius 2 is 1.97 bits per heavy atom. The summed E-state index contributed by atoms with van der Waals surface area (Å²) in [7, 11) is -1.15. The first-order chi connectivity index (χ1) is 14.6. The molecule has 10 heteroatoms. The summed E-state index contributed by atoms with van der Waals surface area (Å²) in [5.74, 6) is 2.66. The summed E-state index contributed by atoms with van der Waals surface area (Å²) in [6.07, 6.45) is 8.32. The fourth-order valence-electron chi connectivity index (χ4n) is 4.30. The lowest BCUT2D eigenvalue weighted by molar-refractivity contribution is -0.0564. The van der Waals surface area contributed by atoms with Crippen molar-refractivity contribution in [1.29, 1.82) is 0 Å². The number of aryl methyl sites for hydroxylation is 1. The van der Waals surface area contributed by atoms with Crippen LogP contribution in [-0.4, -0.2) is 60.3 Å². The van der Waals surface area contributed by atoms with Crippen molar-refractivity contribution in [3.63, 3.8) is 0 Å². The van der Waals surface area contributed by atoms with Gasteiger partial charge in [0, 0.05) is 43.6 Å². The Balaban J connectivity index is 1.37. The number of aliphatic hydroxyl groups is 1. The molecule has 2 aromatic rings. The molecule has 2 fully saturated rings. The van der Waals surface area contributed by atoms with E-state index in [0.29, 0.717) is 33.9 Å². The third-order valence-corrected chi connectivity index (χ3v) is 7.93. The van der Waals surface area contributed by atoms with Crippen LogP contribution in [0.4, 0.5) is 5.95 Å². The van der Waals surface area contributed by atoms with Gasteiger partial charge in [0.2, 0.25) is 11.8 Å². The Morgan fingerprint density at radius 1 is 1.23 bits per heavy atom. The fraction of sp³-hybridized carbons (Fsp3) is 0.600. The molecule has 5 rings (SSSR count). The molecule has 1 atom stereocenters. The van der Waals surface area contributed by atoms with Crippen molar-refractivity contribution in [3.8, 4) is 5.88 Å². The molecule has 0 radical (unpaired) electrons. The first-order valence-electron chi connectivity index (χ1n) is 10.4. The van der Waals surface area contributed by atoms with Gasteiger partial charge in [-0.15, -0.1) is 0 Å². The Bertz CT molecular complexity index is 956. The molecule has 1 aliphatic carbocycles. The number of halogens is 1. The van der Waals surface area contributed by atoms with E-state index in [1.54, 1.807) is 12.4 Å². The van der Waals surface area contributed by atoms with Crippen molar-refractivity contribution < 1.29 is 14.1 Å². The molecule has 2 aromatic heterocycles. The van der Waals surface area contributed by atoms with Crippen molar-refractivity contribution in [3.05, 3.63) is 28.9 Å². The molecule has 30 heavy (non-hydrogen) atoms. The molecule has 1 N–H and O–H groups in total. The van der Waals surface area contributed by atoms with E-state index >= 15 is 0 Å². The highest BCUT2D eigenvalue weighted by Gasteiger charge is 2.41. The normalized spacial score (nSPS) is 23.1. The van der Waals surface area contributed by atoms with Gasteiger partial charge in [0.1, 0.15) is 16.3 Å². The third kappa shape index (κ3) is 3.67. The zero-order chi connectivity index (χ0) is 20.7. The van der Waals surface area contributed by atoms with Gasteiger partial charge in [-0.1, -0.05) is 11.6 Å². The van der Waals surface area contributed by atoms with Crippen molar-refractivity contribution in [1.82, 2.24) is 19.9 Å². The molecular formula is C20H24ClN5O3S. The van der Waals surface area contributed by atoms with E-state index in [0.717, 1.165) is 56.7 Å². The lowest BCUT2D eigenvalue weighted by atomic mass is 9.81. The standard InChI is InChI=1S/C20H24ClN5O3S/c21-14-10-22-17(23-11-14)13-2-7-26(8-3-13)19-24-15-4-9-30(28)16(15)18(25-19)29-20(12-27)5-1-6-20/h10-11,13,27H,1-9,12H2/t30-/m0/s1. The molecule has 3 aliphatic rings. The number of aromatic nitrogens is 4. The monoisotopic (exact) mass is 449 g/mol. The van der Waals surface area contributed by atoms with Crippen LogP contribution >= 0.6 is 11.6 Å². The number of aliphatic hydroxyl groups excluding tert-OH is 1.